The van der Waals surface area contributed by atoms with Crippen molar-refractivity contribution in [1.82, 2.24) is 19.5 Å². The van der Waals surface area contributed by atoms with E-state index < -0.39 is 51.8 Å². The second-order valence-electron chi connectivity index (χ2n) is 7.14. The summed E-state index contributed by atoms with van der Waals surface area (Å²) in [5.74, 6) is -0.300. The van der Waals surface area contributed by atoms with Crippen LogP contribution in [0, 0.1) is 11.3 Å². The van der Waals surface area contributed by atoms with Crippen molar-refractivity contribution < 1.29 is 132 Å². The van der Waals surface area contributed by atoms with E-state index in [4.69, 9.17) is 5.73 Å². The number of thioether (sulfide) groups is 1. The number of aliphatic hydroxyl groups is 2. The van der Waals surface area contributed by atoms with Gasteiger partial charge < -0.3 is 44.3 Å². The zero-order valence-electron chi connectivity index (χ0n) is 18.2. The molecule has 0 amide bonds. The Labute approximate surface area is 258 Å². The first-order chi connectivity index (χ1) is 13.9. The van der Waals surface area contributed by atoms with Crippen molar-refractivity contribution in [2.24, 2.45) is 11.3 Å². The summed E-state index contributed by atoms with van der Waals surface area (Å²) in [4.78, 5) is 45.2. The Balaban J connectivity index is 0.00000181. The Morgan fingerprint density at radius 3 is 2.48 bits per heavy atom. The topological polar surface area (TPSA) is 232 Å². The van der Waals surface area contributed by atoms with Crippen LogP contribution < -0.4 is 109 Å². The second-order valence-corrected chi connectivity index (χ2v) is 10.6. The van der Waals surface area contributed by atoms with Gasteiger partial charge in [-0.15, -0.1) is 0 Å². The molecule has 0 aliphatic heterocycles. The molecule has 2 fully saturated rings. The summed E-state index contributed by atoms with van der Waals surface area (Å²) in [5.41, 5.74) is 5.36. The Hall–Kier alpha value is 1.88. The molecule has 2 aliphatic rings. The van der Waals surface area contributed by atoms with Crippen LogP contribution in [0.4, 0.5) is 5.82 Å². The zero-order chi connectivity index (χ0) is 22.1. The molecule has 4 N–H and O–H groups in total. The molecule has 2 saturated carbocycles. The standard InChI is InChI=1S/C13H19N5O9P2S.3Na/c1-30-12-16-10(14)6-11(17-12)18(4-15-6)7-5-2-13(5,9(20)8(7)19)3-26-29(24,25)27-28(21,22)23;;;/h4-5,7-9,19-20H,2-3H2,1H3,(H,24,25)(H2,14,16,17)(H2,21,22,23);;;/q;3*+1/p-3/t5-,7-,8+,9+,13+;;;/m1.../s1. The average molecular weight is 549 g/mol. The van der Waals surface area contributed by atoms with E-state index in [9.17, 15) is 34.0 Å². The molecule has 2 aliphatic carbocycles. The Bertz CT molecular complexity index is 1110. The molecule has 0 aromatic carbocycles. The number of anilines is 1. The van der Waals surface area contributed by atoms with Crippen LogP contribution in [0.5, 0.6) is 0 Å². The van der Waals surface area contributed by atoms with Crippen LogP contribution in [-0.4, -0.2) is 54.8 Å². The normalized spacial score (nSPS) is 29.9. The molecule has 2 aromatic heterocycles. The van der Waals surface area contributed by atoms with Crippen molar-refractivity contribution in [2.75, 3.05) is 18.6 Å². The van der Waals surface area contributed by atoms with E-state index in [1.807, 2.05) is 0 Å². The van der Waals surface area contributed by atoms with Gasteiger partial charge in [-0.2, -0.15) is 0 Å². The van der Waals surface area contributed by atoms with Gasteiger partial charge in [0, 0.05) is 5.41 Å². The minimum absolute atomic E-state index is 0. The minimum Gasteiger partial charge on any atom is -0.790 e. The van der Waals surface area contributed by atoms with Gasteiger partial charge in [-0.05, 0) is 18.6 Å². The first kappa shape index (κ1) is 32.9. The largest absolute Gasteiger partial charge is 1.00 e. The number of aliphatic hydroxyl groups excluding tert-OH is 2. The zero-order valence-corrected chi connectivity index (χ0v) is 26.8. The number of nitrogen functional groups attached to an aromatic ring is 1. The fourth-order valence-electron chi connectivity index (χ4n) is 4.10. The summed E-state index contributed by atoms with van der Waals surface area (Å²) < 4.78 is 31.6. The maximum atomic E-state index is 11.6. The fraction of sp³-hybridized carbons (Fsp3) is 0.615. The van der Waals surface area contributed by atoms with E-state index in [1.165, 1.54) is 22.7 Å². The predicted octanol–water partition coefficient (Wildman–Crippen LogP) is -11.2. The molecule has 0 radical (unpaired) electrons. The molecular formula is C13H16N5Na3O9P2S. The number of hydrogen-bond acceptors (Lipinski definition) is 14. The molecule has 1 unspecified atom stereocenters. The van der Waals surface area contributed by atoms with Crippen LogP contribution in [0.15, 0.2) is 11.5 Å². The van der Waals surface area contributed by atoms with Gasteiger partial charge in [0.05, 0.1) is 32.9 Å². The fourth-order valence-corrected chi connectivity index (χ4v) is 6.03. The molecule has 33 heavy (non-hydrogen) atoms. The van der Waals surface area contributed by atoms with Gasteiger partial charge in [0.1, 0.15) is 11.6 Å². The summed E-state index contributed by atoms with van der Waals surface area (Å²) in [7, 11) is -11.3. The molecule has 20 heteroatoms. The molecule has 6 atom stereocenters. The van der Waals surface area contributed by atoms with Crippen LogP contribution in [0.25, 0.3) is 11.2 Å². The first-order valence-electron chi connectivity index (χ1n) is 8.48. The van der Waals surface area contributed by atoms with E-state index in [-0.39, 0.29) is 101 Å². The van der Waals surface area contributed by atoms with Crippen molar-refractivity contribution in [3.05, 3.63) is 6.33 Å². The van der Waals surface area contributed by atoms with Crippen LogP contribution in [0.3, 0.4) is 0 Å². The van der Waals surface area contributed by atoms with Gasteiger partial charge in [0.25, 0.3) is 7.82 Å². The van der Waals surface area contributed by atoms with Gasteiger partial charge in [-0.25, -0.2) is 15.0 Å². The number of fused-ring (bicyclic) bond motifs is 2. The van der Waals surface area contributed by atoms with E-state index in [1.54, 1.807) is 6.26 Å². The van der Waals surface area contributed by atoms with Gasteiger partial charge in [0.15, 0.2) is 16.6 Å². The van der Waals surface area contributed by atoms with Gasteiger partial charge >= 0.3 is 88.7 Å². The molecule has 4 rings (SSSR count). The third kappa shape index (κ3) is 6.48. The van der Waals surface area contributed by atoms with Crippen LogP contribution in [-0.2, 0) is 18.0 Å². The van der Waals surface area contributed by atoms with Gasteiger partial charge in [-0.3, -0.25) is 8.88 Å². The molecule has 0 bridgehead atoms. The summed E-state index contributed by atoms with van der Waals surface area (Å²) in [6.45, 7) is -0.674. The van der Waals surface area contributed by atoms with Crippen molar-refractivity contribution >= 4 is 44.4 Å². The van der Waals surface area contributed by atoms with Crippen LogP contribution >= 0.6 is 27.4 Å². The van der Waals surface area contributed by atoms with E-state index in [0.29, 0.717) is 16.3 Å². The summed E-state index contributed by atoms with van der Waals surface area (Å²) in [6, 6.07) is -0.727. The molecular weight excluding hydrogens is 533 g/mol. The smallest absolute Gasteiger partial charge is 0.790 e. The molecule has 2 aromatic rings. The summed E-state index contributed by atoms with van der Waals surface area (Å²) >= 11 is 1.25. The monoisotopic (exact) mass is 549 g/mol. The number of aromatic nitrogens is 4. The summed E-state index contributed by atoms with van der Waals surface area (Å²) in [6.07, 6.45) is 0.691. The van der Waals surface area contributed by atoms with E-state index in [2.05, 4.69) is 23.8 Å². The van der Waals surface area contributed by atoms with Gasteiger partial charge in [0.2, 0.25) is 0 Å². The number of imidazole rings is 1. The molecule has 0 spiro atoms. The quantitative estimate of drug-likeness (QED) is 0.126. The van der Waals surface area contributed by atoms with Crippen LogP contribution in [0.2, 0.25) is 0 Å². The Kier molecular flexibility index (Phi) is 11.7. The third-order valence-corrected chi connectivity index (χ3v) is 8.07. The predicted molar refractivity (Wildman–Crippen MR) is 95.4 cm³/mol. The Morgan fingerprint density at radius 2 is 1.91 bits per heavy atom. The van der Waals surface area contributed by atoms with Crippen LogP contribution in [0.1, 0.15) is 12.5 Å². The summed E-state index contributed by atoms with van der Waals surface area (Å²) in [5, 5.41) is 21.5. The molecule has 0 saturated heterocycles. The number of nitrogens with two attached hydrogens (primary N) is 1. The van der Waals surface area contributed by atoms with Gasteiger partial charge in [-0.1, -0.05) is 11.8 Å². The maximum absolute atomic E-state index is 11.6. The average Bonchev–Trinajstić information content (AvgIpc) is 3.13. The third-order valence-electron chi connectivity index (χ3n) is 5.48. The van der Waals surface area contributed by atoms with E-state index >= 15 is 0 Å². The number of hydrogen-bond donors (Lipinski definition) is 3. The Morgan fingerprint density at radius 1 is 1.27 bits per heavy atom. The minimum atomic E-state index is -5.83. The van der Waals surface area contributed by atoms with Crippen molar-refractivity contribution in [2.45, 2.75) is 29.8 Å². The first-order valence-corrected chi connectivity index (χ1v) is 12.6. The van der Waals surface area contributed by atoms with Crippen molar-refractivity contribution in [1.29, 1.82) is 0 Å². The number of phosphoric acid groups is 2. The number of rotatable bonds is 7. The molecule has 2 heterocycles. The molecule has 166 valence electrons. The number of nitrogens with zero attached hydrogens (tertiary/aromatic N) is 4. The maximum Gasteiger partial charge on any atom is 1.00 e. The number of phosphoric ester groups is 1. The SMILES string of the molecule is CSc1nc(N)c2ncn([C@H]3[C@H](O)[C@H](O)[C@]4(COP(=O)([O-])OP(=O)([O-])[O-])C[C@H]34)c2n1.[Na+].[Na+].[Na+]. The van der Waals surface area contributed by atoms with Crippen molar-refractivity contribution in [3.8, 4) is 0 Å². The van der Waals surface area contributed by atoms with E-state index in [0.717, 1.165) is 0 Å². The second kappa shape index (κ2) is 11.7. The molecule has 14 nitrogen and oxygen atoms in total. The van der Waals surface area contributed by atoms with Crippen molar-refractivity contribution in [3.63, 3.8) is 0 Å².